The van der Waals surface area contributed by atoms with Crippen LogP contribution in [0, 0.1) is 0 Å². The molecular formula is C62H38N2O2. The summed E-state index contributed by atoms with van der Waals surface area (Å²) in [6.07, 6.45) is 0. The van der Waals surface area contributed by atoms with Crippen LogP contribution < -0.4 is 4.90 Å². The molecule has 3 heterocycles. The summed E-state index contributed by atoms with van der Waals surface area (Å²) >= 11 is 0. The van der Waals surface area contributed by atoms with Gasteiger partial charge in [-0.15, -0.1) is 0 Å². The number of anilines is 3. The van der Waals surface area contributed by atoms with E-state index in [0.717, 1.165) is 83.3 Å². The first-order chi connectivity index (χ1) is 32.7. The zero-order valence-electron chi connectivity index (χ0n) is 35.7. The molecule has 3 aromatic heterocycles. The maximum atomic E-state index is 6.47. The molecule has 0 bridgehead atoms. The highest BCUT2D eigenvalue weighted by atomic mass is 16.3. The van der Waals surface area contributed by atoms with Crippen molar-refractivity contribution in [1.82, 2.24) is 4.57 Å². The Labute approximate surface area is 379 Å². The van der Waals surface area contributed by atoms with Crippen molar-refractivity contribution in [1.29, 1.82) is 0 Å². The molecule has 0 saturated carbocycles. The summed E-state index contributed by atoms with van der Waals surface area (Å²) in [7, 11) is 0. The number of furan rings is 2. The number of hydrogen-bond acceptors (Lipinski definition) is 3. The van der Waals surface area contributed by atoms with Crippen molar-refractivity contribution in [3.63, 3.8) is 0 Å². The molecule has 0 unspecified atom stereocenters. The lowest BCUT2D eigenvalue weighted by Crippen LogP contribution is -2.10. The zero-order valence-corrected chi connectivity index (χ0v) is 35.7. The van der Waals surface area contributed by atoms with Gasteiger partial charge in [0.15, 0.2) is 0 Å². The van der Waals surface area contributed by atoms with E-state index in [4.69, 9.17) is 8.83 Å². The number of aromatic nitrogens is 1. The van der Waals surface area contributed by atoms with Crippen LogP contribution in [0.15, 0.2) is 239 Å². The minimum Gasteiger partial charge on any atom is -0.456 e. The van der Waals surface area contributed by atoms with Crippen LogP contribution in [0.5, 0.6) is 0 Å². The first kappa shape index (κ1) is 36.6. The molecule has 0 radical (unpaired) electrons. The third-order valence-corrected chi connectivity index (χ3v) is 13.5. The minimum absolute atomic E-state index is 0.857. The Kier molecular flexibility index (Phi) is 7.95. The summed E-state index contributed by atoms with van der Waals surface area (Å²) in [4.78, 5) is 2.34. The van der Waals surface area contributed by atoms with E-state index in [0.29, 0.717) is 0 Å². The molecule has 0 aliphatic carbocycles. The molecular weight excluding hydrogens is 805 g/mol. The number of hydrogen-bond donors (Lipinski definition) is 0. The Morgan fingerprint density at radius 1 is 0.303 bits per heavy atom. The van der Waals surface area contributed by atoms with Crippen LogP contribution in [0.1, 0.15) is 0 Å². The van der Waals surface area contributed by atoms with Gasteiger partial charge in [-0.3, -0.25) is 0 Å². The second-order valence-electron chi connectivity index (χ2n) is 17.3. The smallest absolute Gasteiger partial charge is 0.137 e. The predicted octanol–water partition coefficient (Wildman–Crippen LogP) is 17.7. The number of benzene rings is 11. The van der Waals surface area contributed by atoms with E-state index < -0.39 is 0 Å². The first-order valence-electron chi connectivity index (χ1n) is 22.5. The van der Waals surface area contributed by atoms with Gasteiger partial charge in [-0.2, -0.15) is 0 Å². The van der Waals surface area contributed by atoms with Gasteiger partial charge in [-0.1, -0.05) is 133 Å². The predicted molar refractivity (Wildman–Crippen MR) is 276 cm³/mol. The molecule has 4 nitrogen and oxygen atoms in total. The Bertz CT molecular complexity index is 4230. The summed E-state index contributed by atoms with van der Waals surface area (Å²) in [6, 6.07) is 82.9. The van der Waals surface area contributed by atoms with Gasteiger partial charge < -0.3 is 18.3 Å². The van der Waals surface area contributed by atoms with Crippen molar-refractivity contribution in [2.24, 2.45) is 0 Å². The van der Waals surface area contributed by atoms with Gasteiger partial charge in [0, 0.05) is 61.1 Å². The van der Waals surface area contributed by atoms with Crippen LogP contribution in [-0.2, 0) is 0 Å². The van der Waals surface area contributed by atoms with Crippen LogP contribution in [-0.4, -0.2) is 4.57 Å². The van der Waals surface area contributed by atoms with E-state index in [2.05, 4.69) is 222 Å². The van der Waals surface area contributed by atoms with Gasteiger partial charge in [-0.05, 0) is 135 Å². The fourth-order valence-corrected chi connectivity index (χ4v) is 10.5. The third-order valence-electron chi connectivity index (χ3n) is 13.5. The van der Waals surface area contributed by atoms with Gasteiger partial charge in [0.1, 0.15) is 22.3 Å². The fourth-order valence-electron chi connectivity index (χ4n) is 10.5. The van der Waals surface area contributed by atoms with Crippen molar-refractivity contribution in [3.05, 3.63) is 231 Å². The third kappa shape index (κ3) is 5.65. The standard InChI is InChI=1S/C62H38N2O2/c1-2-15-44(16-3-1)64-56-32-26-42(35-54(56)55-38-53-43(36-57(55)64)27-33-60-62(53)52-20-7-9-23-59(52)65-60)41-14-10-17-46(34-41)63(47-30-31-51-50-19-6-8-22-58(50)66-61(51)37-47)45-28-24-40(25-29-45)49-21-11-13-39-12-4-5-18-48(39)49/h1-38H. The highest BCUT2D eigenvalue weighted by Crippen LogP contribution is 2.44. The summed E-state index contributed by atoms with van der Waals surface area (Å²) in [5, 5.41) is 11.7. The SMILES string of the molecule is c1ccc(-n2c3ccc(-c4cccc(N(c5ccc(-c6cccc7ccccc67)cc5)c5ccc6c(c5)oc5ccccc56)c4)cc3c3cc4c(ccc5oc6ccccc6c54)cc32)cc1. The summed E-state index contributed by atoms with van der Waals surface area (Å²) in [5.74, 6) is 0. The van der Waals surface area contributed by atoms with Gasteiger partial charge >= 0.3 is 0 Å². The van der Waals surface area contributed by atoms with E-state index in [1.807, 2.05) is 18.2 Å². The van der Waals surface area contributed by atoms with E-state index >= 15 is 0 Å². The van der Waals surface area contributed by atoms with E-state index in [1.165, 1.54) is 49.0 Å². The number of nitrogens with zero attached hydrogens (tertiary/aromatic N) is 2. The minimum atomic E-state index is 0.857. The molecule has 0 amide bonds. The van der Waals surface area contributed by atoms with Crippen LogP contribution in [0.2, 0.25) is 0 Å². The van der Waals surface area contributed by atoms with E-state index in [1.54, 1.807) is 0 Å². The highest BCUT2D eigenvalue weighted by molar-refractivity contribution is 6.23. The molecule has 4 heteroatoms. The monoisotopic (exact) mass is 842 g/mol. The van der Waals surface area contributed by atoms with Gasteiger partial charge in [0.2, 0.25) is 0 Å². The lowest BCUT2D eigenvalue weighted by atomic mass is 9.98. The van der Waals surface area contributed by atoms with Crippen LogP contribution in [0.25, 0.3) is 115 Å². The van der Waals surface area contributed by atoms with Crippen molar-refractivity contribution in [2.45, 2.75) is 0 Å². The molecule has 0 fully saturated rings. The largest absolute Gasteiger partial charge is 0.456 e. The molecule has 11 aromatic carbocycles. The molecule has 0 atom stereocenters. The van der Waals surface area contributed by atoms with Crippen LogP contribution >= 0.6 is 0 Å². The number of fused-ring (bicyclic) bond motifs is 12. The first-order valence-corrected chi connectivity index (χ1v) is 22.5. The van der Waals surface area contributed by atoms with Crippen LogP contribution in [0.3, 0.4) is 0 Å². The average Bonchev–Trinajstić information content (AvgIpc) is 4.05. The molecule has 0 aliphatic rings. The summed E-state index contributed by atoms with van der Waals surface area (Å²) in [5.41, 5.74) is 14.8. The average molecular weight is 843 g/mol. The lowest BCUT2D eigenvalue weighted by Gasteiger charge is -2.26. The molecule has 308 valence electrons. The second-order valence-corrected chi connectivity index (χ2v) is 17.3. The Morgan fingerprint density at radius 3 is 1.83 bits per heavy atom. The second kappa shape index (κ2) is 14.3. The number of para-hydroxylation sites is 3. The Balaban J connectivity index is 0.946. The van der Waals surface area contributed by atoms with E-state index in [-0.39, 0.29) is 0 Å². The molecule has 0 N–H and O–H groups in total. The van der Waals surface area contributed by atoms with E-state index in [9.17, 15) is 0 Å². The van der Waals surface area contributed by atoms with Gasteiger partial charge in [0.05, 0.1) is 11.0 Å². The highest BCUT2D eigenvalue weighted by Gasteiger charge is 2.20. The van der Waals surface area contributed by atoms with Gasteiger partial charge in [0.25, 0.3) is 0 Å². The molecule has 14 rings (SSSR count). The van der Waals surface area contributed by atoms with Crippen molar-refractivity contribution in [2.75, 3.05) is 4.90 Å². The molecule has 0 aliphatic heterocycles. The van der Waals surface area contributed by atoms with Crippen molar-refractivity contribution < 1.29 is 8.83 Å². The molecule has 66 heavy (non-hydrogen) atoms. The number of rotatable bonds is 6. The maximum Gasteiger partial charge on any atom is 0.137 e. The van der Waals surface area contributed by atoms with Crippen LogP contribution in [0.4, 0.5) is 17.1 Å². The van der Waals surface area contributed by atoms with Crippen molar-refractivity contribution >= 4 is 104 Å². The molecule has 0 saturated heterocycles. The summed E-state index contributed by atoms with van der Waals surface area (Å²) in [6.45, 7) is 0. The Morgan fingerprint density at radius 2 is 0.955 bits per heavy atom. The fraction of sp³-hybridized carbons (Fsp3) is 0. The molecule has 14 aromatic rings. The molecule has 0 spiro atoms. The Hall–Kier alpha value is -8.86. The normalized spacial score (nSPS) is 11.9. The quantitative estimate of drug-likeness (QED) is 0.167. The lowest BCUT2D eigenvalue weighted by molar-refractivity contribution is 0.668. The van der Waals surface area contributed by atoms with Crippen molar-refractivity contribution in [3.8, 4) is 27.9 Å². The maximum absolute atomic E-state index is 6.47. The van der Waals surface area contributed by atoms with Gasteiger partial charge in [-0.25, -0.2) is 0 Å². The zero-order chi connectivity index (χ0) is 43.3. The summed E-state index contributed by atoms with van der Waals surface area (Å²) < 4.78 is 15.2. The topological polar surface area (TPSA) is 34.5 Å².